The van der Waals surface area contributed by atoms with Crippen LogP contribution in [0.1, 0.15) is 27.2 Å². The van der Waals surface area contributed by atoms with Crippen LogP contribution in [0, 0.1) is 11.8 Å². The first kappa shape index (κ1) is 8.45. The van der Waals surface area contributed by atoms with Crippen LogP contribution in [0.25, 0.3) is 0 Å². The lowest BCUT2D eigenvalue weighted by molar-refractivity contribution is 0.501. The average molecular weight is 126 g/mol. The van der Waals surface area contributed by atoms with Gasteiger partial charge in [-0.25, -0.2) is 4.79 Å². The van der Waals surface area contributed by atoms with Crippen LogP contribution in [0.2, 0.25) is 0 Å². The predicted octanol–water partition coefficient (Wildman–Crippen LogP) is 2.06. The number of allylic oxidation sites excluding steroid dienone is 1. The maximum atomic E-state index is 9.82. The van der Waals surface area contributed by atoms with Gasteiger partial charge in [-0.15, -0.1) is 0 Å². The van der Waals surface area contributed by atoms with Crippen LogP contribution >= 0.6 is 0 Å². The second kappa shape index (κ2) is 4.34. The van der Waals surface area contributed by atoms with Crippen LogP contribution in [0.3, 0.4) is 0 Å². The highest BCUT2D eigenvalue weighted by Gasteiger charge is 1.99. The summed E-state index contributed by atoms with van der Waals surface area (Å²) in [6.45, 7) is 6.33. The van der Waals surface area contributed by atoms with Gasteiger partial charge in [-0.2, -0.15) is 0 Å². The van der Waals surface area contributed by atoms with Crippen LogP contribution in [-0.2, 0) is 4.79 Å². The van der Waals surface area contributed by atoms with Gasteiger partial charge in [-0.1, -0.05) is 20.8 Å². The van der Waals surface area contributed by atoms with Crippen molar-refractivity contribution in [3.63, 3.8) is 0 Å². The molecule has 0 aromatic heterocycles. The van der Waals surface area contributed by atoms with Gasteiger partial charge in [0.05, 0.1) is 0 Å². The highest BCUT2D eigenvalue weighted by Crippen LogP contribution is 2.10. The second-order valence-corrected chi connectivity index (χ2v) is 2.89. The van der Waals surface area contributed by atoms with E-state index in [-0.39, 0.29) is 0 Å². The van der Waals surface area contributed by atoms with Crippen molar-refractivity contribution in [1.29, 1.82) is 0 Å². The Balaban J connectivity index is 3.49. The fourth-order valence-corrected chi connectivity index (χ4v) is 0.928. The van der Waals surface area contributed by atoms with Gasteiger partial charge in [-0.3, -0.25) is 0 Å². The van der Waals surface area contributed by atoms with Gasteiger partial charge in [0, 0.05) is 6.08 Å². The summed E-state index contributed by atoms with van der Waals surface area (Å²) in [7, 11) is 0. The molecule has 0 aliphatic carbocycles. The predicted molar refractivity (Wildman–Crippen MR) is 38.9 cm³/mol. The zero-order valence-electron chi connectivity index (χ0n) is 6.35. The molecule has 0 fully saturated rings. The number of carbonyl (C=O) groups excluding carboxylic acids is 1. The van der Waals surface area contributed by atoms with E-state index in [1.165, 1.54) is 0 Å². The molecule has 0 saturated heterocycles. The lowest BCUT2D eigenvalue weighted by Gasteiger charge is -2.05. The minimum atomic E-state index is 0.391. The molecule has 1 unspecified atom stereocenters. The molecule has 0 saturated carbocycles. The van der Waals surface area contributed by atoms with E-state index in [0.29, 0.717) is 11.8 Å². The van der Waals surface area contributed by atoms with Gasteiger partial charge in [-0.05, 0) is 18.3 Å². The monoisotopic (exact) mass is 126 g/mol. The average Bonchev–Trinajstić information content (AvgIpc) is 1.63. The van der Waals surface area contributed by atoms with Crippen molar-refractivity contribution in [3.05, 3.63) is 6.08 Å². The zero-order chi connectivity index (χ0) is 7.28. The van der Waals surface area contributed by atoms with Gasteiger partial charge in [0.15, 0.2) is 0 Å². The van der Waals surface area contributed by atoms with E-state index in [0.717, 1.165) is 6.42 Å². The fourth-order valence-electron chi connectivity index (χ4n) is 0.928. The summed E-state index contributed by atoms with van der Waals surface area (Å²) in [4.78, 5) is 9.82. The van der Waals surface area contributed by atoms with Crippen molar-refractivity contribution < 1.29 is 4.79 Å². The van der Waals surface area contributed by atoms with Gasteiger partial charge >= 0.3 is 0 Å². The quantitative estimate of drug-likeness (QED) is 0.529. The van der Waals surface area contributed by atoms with Crippen LogP contribution in [0.15, 0.2) is 6.08 Å². The summed E-state index contributed by atoms with van der Waals surface area (Å²) in [5, 5.41) is 0. The summed E-state index contributed by atoms with van der Waals surface area (Å²) in [6, 6.07) is 0. The van der Waals surface area contributed by atoms with Gasteiger partial charge < -0.3 is 0 Å². The Morgan fingerprint density at radius 3 is 2.33 bits per heavy atom. The molecule has 0 aromatic carbocycles. The topological polar surface area (TPSA) is 17.1 Å². The van der Waals surface area contributed by atoms with Crippen molar-refractivity contribution in [2.24, 2.45) is 11.8 Å². The summed E-state index contributed by atoms with van der Waals surface area (Å²) in [5.74, 6) is 2.86. The van der Waals surface area contributed by atoms with Crippen LogP contribution in [-0.4, -0.2) is 5.94 Å². The van der Waals surface area contributed by atoms with E-state index < -0.39 is 0 Å². The smallest absolute Gasteiger partial charge is 0.120 e. The van der Waals surface area contributed by atoms with Crippen molar-refractivity contribution in [2.75, 3.05) is 0 Å². The van der Waals surface area contributed by atoms with Crippen molar-refractivity contribution >= 4 is 5.94 Å². The molecule has 52 valence electrons. The Bertz CT molecular complexity index is 110. The lowest BCUT2D eigenvalue weighted by Crippen LogP contribution is -1.95. The summed E-state index contributed by atoms with van der Waals surface area (Å²) >= 11 is 0. The SMILES string of the molecule is CC(C)CC(C)C=C=O. The molecule has 0 rings (SSSR count). The van der Waals surface area contributed by atoms with Crippen LogP contribution in [0.5, 0.6) is 0 Å². The summed E-state index contributed by atoms with van der Waals surface area (Å²) < 4.78 is 0. The molecule has 0 spiro atoms. The highest BCUT2D eigenvalue weighted by atomic mass is 16.1. The van der Waals surface area contributed by atoms with Crippen molar-refractivity contribution in [3.8, 4) is 0 Å². The second-order valence-electron chi connectivity index (χ2n) is 2.89. The molecule has 0 heterocycles. The highest BCUT2D eigenvalue weighted by molar-refractivity contribution is 5.45. The summed E-state index contributed by atoms with van der Waals surface area (Å²) in [5.41, 5.74) is 0. The molecule has 0 N–H and O–H groups in total. The molecule has 1 heteroatoms. The maximum absolute atomic E-state index is 9.82. The fraction of sp³-hybridized carbons (Fsp3) is 0.750. The maximum Gasteiger partial charge on any atom is 0.120 e. The summed E-state index contributed by atoms with van der Waals surface area (Å²) in [6.07, 6.45) is 2.66. The molecule has 0 aromatic rings. The van der Waals surface area contributed by atoms with Crippen molar-refractivity contribution in [2.45, 2.75) is 27.2 Å². The third kappa shape index (κ3) is 5.32. The Morgan fingerprint density at radius 2 is 2.00 bits per heavy atom. The standard InChI is InChI=1S/C8H14O/c1-7(2)6-8(3)4-5-9/h4,7-8H,6H2,1-3H3. The molecular weight excluding hydrogens is 112 g/mol. The molecular formula is C8H14O. The van der Waals surface area contributed by atoms with Crippen LogP contribution in [0.4, 0.5) is 0 Å². The molecule has 0 amide bonds. The van der Waals surface area contributed by atoms with Gasteiger partial charge in [0.25, 0.3) is 0 Å². The Morgan fingerprint density at radius 1 is 1.44 bits per heavy atom. The van der Waals surface area contributed by atoms with E-state index in [2.05, 4.69) is 13.8 Å². The van der Waals surface area contributed by atoms with Gasteiger partial charge in [0.1, 0.15) is 5.94 Å². The molecule has 0 radical (unpaired) electrons. The Labute approximate surface area is 56.8 Å². The lowest BCUT2D eigenvalue weighted by atomic mass is 9.99. The normalized spacial score (nSPS) is 12.9. The van der Waals surface area contributed by atoms with E-state index in [1.54, 1.807) is 12.0 Å². The Hall–Kier alpha value is -0.550. The van der Waals surface area contributed by atoms with E-state index in [1.807, 2.05) is 6.92 Å². The molecule has 1 nitrogen and oxygen atoms in total. The van der Waals surface area contributed by atoms with Crippen molar-refractivity contribution in [1.82, 2.24) is 0 Å². The Kier molecular flexibility index (Phi) is 4.08. The minimum absolute atomic E-state index is 0.391. The number of rotatable bonds is 3. The zero-order valence-corrected chi connectivity index (χ0v) is 6.35. The third-order valence-electron chi connectivity index (χ3n) is 1.20. The van der Waals surface area contributed by atoms with E-state index in [9.17, 15) is 4.79 Å². The molecule has 0 aliphatic rings. The largest absolute Gasteiger partial charge is 0.234 e. The van der Waals surface area contributed by atoms with E-state index >= 15 is 0 Å². The molecule has 0 bridgehead atoms. The molecule has 1 atom stereocenters. The molecule has 0 aliphatic heterocycles. The number of hydrogen-bond acceptors (Lipinski definition) is 1. The first-order chi connectivity index (χ1) is 4.16. The van der Waals surface area contributed by atoms with Gasteiger partial charge in [0.2, 0.25) is 0 Å². The number of hydrogen-bond donors (Lipinski definition) is 0. The van der Waals surface area contributed by atoms with Crippen LogP contribution < -0.4 is 0 Å². The third-order valence-corrected chi connectivity index (χ3v) is 1.20. The molecule has 9 heavy (non-hydrogen) atoms. The first-order valence-electron chi connectivity index (χ1n) is 3.37. The first-order valence-corrected chi connectivity index (χ1v) is 3.37. The van der Waals surface area contributed by atoms with E-state index in [4.69, 9.17) is 0 Å². The minimum Gasteiger partial charge on any atom is -0.234 e.